The normalized spacial score (nSPS) is 15.3. The molecule has 0 fully saturated rings. The number of fused-ring (bicyclic) bond motifs is 2. The third kappa shape index (κ3) is 8.06. The molecule has 44 heavy (non-hydrogen) atoms. The number of hydrogen-bond acceptors (Lipinski definition) is 0. The van der Waals surface area contributed by atoms with E-state index in [0.717, 1.165) is 5.92 Å². The van der Waals surface area contributed by atoms with E-state index in [1.807, 2.05) is 24.3 Å². The summed E-state index contributed by atoms with van der Waals surface area (Å²) in [5.74, 6) is 0.810. The Balaban J connectivity index is 0.000000159. The molecule has 0 saturated heterocycles. The highest BCUT2D eigenvalue weighted by Gasteiger charge is 2.33. The van der Waals surface area contributed by atoms with Gasteiger partial charge in [0.25, 0.3) is 0 Å². The molecule has 0 aliphatic heterocycles. The van der Waals surface area contributed by atoms with Crippen molar-refractivity contribution in [2.75, 3.05) is 0 Å². The zero-order valence-corrected chi connectivity index (χ0v) is 27.5. The van der Waals surface area contributed by atoms with E-state index in [1.165, 1.54) is 70.2 Å². The first kappa shape index (κ1) is 31.3. The summed E-state index contributed by atoms with van der Waals surface area (Å²) in [6.45, 7) is 13.6. The van der Waals surface area contributed by atoms with Crippen LogP contribution in [0.2, 0.25) is 0 Å². The summed E-state index contributed by atoms with van der Waals surface area (Å²) in [6, 6.07) is 45.3. The quantitative estimate of drug-likeness (QED) is 0.196. The van der Waals surface area contributed by atoms with Crippen molar-refractivity contribution in [2.24, 2.45) is 11.3 Å². The van der Waals surface area contributed by atoms with Crippen molar-refractivity contribution in [3.8, 4) is 22.3 Å². The molecule has 0 saturated carbocycles. The summed E-state index contributed by atoms with van der Waals surface area (Å²) in [5, 5.41) is 0. The Hall–Kier alpha value is -4.16. The Bertz CT molecular complexity index is 1680. The molecule has 0 aromatic heterocycles. The first-order valence-electron chi connectivity index (χ1n) is 16.2. The summed E-state index contributed by atoms with van der Waals surface area (Å²) in [6.07, 6.45) is 5.12. The molecule has 0 amide bonds. The fraction of sp³-hybridized carbons (Fsp3) is 0.273. The van der Waals surface area contributed by atoms with Crippen molar-refractivity contribution in [3.05, 3.63) is 161 Å². The number of aryl methyl sites for hydroxylation is 3. The van der Waals surface area contributed by atoms with Crippen molar-refractivity contribution < 1.29 is 0 Å². The Kier molecular flexibility index (Phi) is 10.0. The molecule has 0 bridgehead atoms. The van der Waals surface area contributed by atoms with Crippen LogP contribution in [-0.2, 0) is 6.42 Å². The summed E-state index contributed by atoms with van der Waals surface area (Å²) in [4.78, 5) is 0. The van der Waals surface area contributed by atoms with Gasteiger partial charge in [-0.3, -0.25) is 0 Å². The molecule has 1 atom stereocenters. The first-order chi connectivity index (χ1) is 21.2. The van der Waals surface area contributed by atoms with Gasteiger partial charge in [0.1, 0.15) is 0 Å². The monoisotopic (exact) mass is 576 g/mol. The van der Waals surface area contributed by atoms with Crippen LogP contribution in [0.15, 0.2) is 133 Å². The van der Waals surface area contributed by atoms with E-state index >= 15 is 0 Å². The van der Waals surface area contributed by atoms with Crippen LogP contribution in [-0.4, -0.2) is 0 Å². The molecular formula is C44H48. The van der Waals surface area contributed by atoms with Crippen molar-refractivity contribution in [1.29, 1.82) is 0 Å². The molecule has 0 N–H and O–H groups in total. The predicted molar refractivity (Wildman–Crippen MR) is 192 cm³/mol. The second kappa shape index (κ2) is 14.1. The maximum absolute atomic E-state index is 2.45. The fourth-order valence-electron chi connectivity index (χ4n) is 6.38. The largest absolute Gasteiger partial charge is 0.0622 e. The second-order valence-corrected chi connectivity index (χ2v) is 13.7. The number of hydrogen-bond donors (Lipinski definition) is 0. The summed E-state index contributed by atoms with van der Waals surface area (Å²) in [7, 11) is 0. The van der Waals surface area contributed by atoms with Crippen LogP contribution in [0.3, 0.4) is 0 Å². The fourth-order valence-corrected chi connectivity index (χ4v) is 6.38. The lowest BCUT2D eigenvalue weighted by molar-refractivity contribution is 0.225. The van der Waals surface area contributed by atoms with Gasteiger partial charge in [-0.25, -0.2) is 0 Å². The van der Waals surface area contributed by atoms with Crippen LogP contribution in [0.5, 0.6) is 0 Å². The van der Waals surface area contributed by atoms with Gasteiger partial charge in [0.15, 0.2) is 0 Å². The van der Waals surface area contributed by atoms with Crippen LogP contribution in [0, 0.1) is 32.1 Å². The topological polar surface area (TPSA) is 0 Å². The minimum absolute atomic E-state index is 0.413. The van der Waals surface area contributed by atoms with Crippen LogP contribution >= 0.6 is 0 Å². The van der Waals surface area contributed by atoms with Gasteiger partial charge in [-0.1, -0.05) is 164 Å². The van der Waals surface area contributed by atoms with E-state index in [-0.39, 0.29) is 0 Å². The zero-order valence-electron chi connectivity index (χ0n) is 27.5. The molecule has 5 aromatic rings. The molecule has 0 nitrogen and oxygen atoms in total. The summed E-state index contributed by atoms with van der Waals surface area (Å²) < 4.78 is 0. The SMILES string of the molecule is Cc1ccc(-c2ccc3c(c2)C2=C(CCC(C(C)(C)C)C2)C3)cc1.Cc1cccc(-c2ccccc2)c1.Cc1ccccc1. The highest BCUT2D eigenvalue weighted by atomic mass is 14.4. The molecule has 0 heteroatoms. The smallest absolute Gasteiger partial charge is 0.00550 e. The van der Waals surface area contributed by atoms with E-state index in [4.69, 9.17) is 0 Å². The number of rotatable bonds is 2. The Morgan fingerprint density at radius 3 is 1.68 bits per heavy atom. The predicted octanol–water partition coefficient (Wildman–Crippen LogP) is 12.5. The maximum atomic E-state index is 2.45. The molecule has 224 valence electrons. The molecule has 2 aliphatic rings. The van der Waals surface area contributed by atoms with Crippen LogP contribution in [0.4, 0.5) is 0 Å². The average Bonchev–Trinajstić information content (AvgIpc) is 3.40. The second-order valence-electron chi connectivity index (χ2n) is 13.7. The lowest BCUT2D eigenvalue weighted by Crippen LogP contribution is -2.23. The minimum atomic E-state index is 0.413. The Morgan fingerprint density at radius 2 is 1.07 bits per heavy atom. The molecule has 5 aromatic carbocycles. The van der Waals surface area contributed by atoms with E-state index in [2.05, 4.69) is 145 Å². The van der Waals surface area contributed by atoms with Gasteiger partial charge >= 0.3 is 0 Å². The van der Waals surface area contributed by atoms with Gasteiger partial charge in [-0.05, 0) is 103 Å². The standard InChI is InChI=1S/C24H28.C13H12.C7H8/c1-16-5-7-17(8-6-16)18-9-10-19-13-20-11-12-21(24(2,3)4)15-23(20)22(19)14-18;1-11-6-5-9-13(10-11)12-7-3-2-4-8-12;1-7-5-3-2-4-6-7/h5-10,14,21H,11-13,15H2,1-4H3;2-10H,1H3;2-6H,1H3. The van der Waals surface area contributed by atoms with Gasteiger partial charge in [0.05, 0.1) is 0 Å². The van der Waals surface area contributed by atoms with Crippen LogP contribution in [0.25, 0.3) is 27.8 Å². The Labute approximate surface area is 266 Å². The average molecular weight is 577 g/mol. The van der Waals surface area contributed by atoms with Gasteiger partial charge in [0.2, 0.25) is 0 Å². The maximum Gasteiger partial charge on any atom is -0.00550 e. The molecule has 2 aliphatic carbocycles. The molecule has 0 radical (unpaired) electrons. The van der Waals surface area contributed by atoms with Crippen LogP contribution < -0.4 is 0 Å². The van der Waals surface area contributed by atoms with Crippen LogP contribution in [0.1, 0.15) is 67.9 Å². The van der Waals surface area contributed by atoms with Gasteiger partial charge < -0.3 is 0 Å². The van der Waals surface area contributed by atoms with Crippen molar-refractivity contribution in [1.82, 2.24) is 0 Å². The first-order valence-corrected chi connectivity index (χ1v) is 16.2. The Morgan fingerprint density at radius 1 is 0.523 bits per heavy atom. The van der Waals surface area contributed by atoms with Crippen molar-refractivity contribution in [2.45, 2.75) is 67.2 Å². The molecular weight excluding hydrogens is 528 g/mol. The highest BCUT2D eigenvalue weighted by Crippen LogP contribution is 2.48. The van der Waals surface area contributed by atoms with Gasteiger partial charge in [-0.2, -0.15) is 0 Å². The van der Waals surface area contributed by atoms with Crippen molar-refractivity contribution in [3.63, 3.8) is 0 Å². The molecule has 0 heterocycles. The number of allylic oxidation sites excluding steroid dienone is 2. The van der Waals surface area contributed by atoms with E-state index in [1.54, 1.807) is 16.7 Å². The van der Waals surface area contributed by atoms with Gasteiger partial charge in [-0.15, -0.1) is 0 Å². The zero-order chi connectivity index (χ0) is 31.1. The van der Waals surface area contributed by atoms with Gasteiger partial charge in [0, 0.05) is 0 Å². The van der Waals surface area contributed by atoms with E-state index in [0.29, 0.717) is 5.41 Å². The lowest BCUT2D eigenvalue weighted by atomic mass is 9.70. The van der Waals surface area contributed by atoms with E-state index in [9.17, 15) is 0 Å². The third-order valence-corrected chi connectivity index (χ3v) is 9.19. The van der Waals surface area contributed by atoms with Crippen molar-refractivity contribution >= 4 is 5.57 Å². The molecule has 0 spiro atoms. The summed E-state index contributed by atoms with van der Waals surface area (Å²) in [5.41, 5.74) is 16.1. The lowest BCUT2D eigenvalue weighted by Gasteiger charge is -2.35. The molecule has 1 unspecified atom stereocenters. The molecule has 7 rings (SSSR count). The summed E-state index contributed by atoms with van der Waals surface area (Å²) >= 11 is 0. The third-order valence-electron chi connectivity index (χ3n) is 9.19. The minimum Gasteiger partial charge on any atom is -0.0622 e. The highest BCUT2D eigenvalue weighted by molar-refractivity contribution is 5.81. The number of benzene rings is 5. The van der Waals surface area contributed by atoms with E-state index < -0.39 is 0 Å².